The Labute approximate surface area is 177 Å². The van der Waals surface area contributed by atoms with E-state index in [0.717, 1.165) is 9.89 Å². The van der Waals surface area contributed by atoms with Crippen LogP contribution in [0.4, 0.5) is 39.4 Å². The van der Waals surface area contributed by atoms with Crippen LogP contribution >= 0.6 is 11.3 Å². The summed E-state index contributed by atoms with van der Waals surface area (Å²) < 4.78 is 54.3. The van der Waals surface area contributed by atoms with Crippen LogP contribution in [0.1, 0.15) is 5.56 Å². The first-order chi connectivity index (χ1) is 14.7. The second-order valence-electron chi connectivity index (χ2n) is 6.61. The molecule has 0 bridgehead atoms. The molecule has 0 unspecified atom stereocenters. The smallest absolute Gasteiger partial charge is 0.384 e. The third-order valence-electron chi connectivity index (χ3n) is 4.72. The third-order valence-corrected chi connectivity index (χ3v) is 5.57. The van der Waals surface area contributed by atoms with Gasteiger partial charge in [0.15, 0.2) is 0 Å². The Morgan fingerprint density at radius 3 is 2.48 bits per heavy atom. The molecule has 0 saturated heterocycles. The number of nitrogens with zero attached hydrogens (tertiary/aromatic N) is 3. The largest absolute Gasteiger partial charge is 0.416 e. The van der Waals surface area contributed by atoms with Gasteiger partial charge >= 0.3 is 12.2 Å². The Morgan fingerprint density at radius 2 is 1.84 bits per heavy atom. The van der Waals surface area contributed by atoms with Crippen molar-refractivity contribution in [2.75, 3.05) is 16.5 Å². The first kappa shape index (κ1) is 20.7. The minimum Gasteiger partial charge on any atom is -0.384 e. The second kappa shape index (κ2) is 7.58. The number of carbonyl (C=O) groups excluding carboxylic acids is 1. The van der Waals surface area contributed by atoms with Crippen LogP contribution in [0, 0.1) is 5.82 Å². The van der Waals surface area contributed by atoms with Gasteiger partial charge in [-0.15, -0.1) is 11.3 Å². The van der Waals surface area contributed by atoms with Crippen LogP contribution in [-0.4, -0.2) is 12.7 Å². The molecular weight excluding hydrogens is 434 g/mol. The molecule has 2 amide bonds. The minimum atomic E-state index is -4.71. The molecule has 0 fully saturated rings. The van der Waals surface area contributed by atoms with Gasteiger partial charge < -0.3 is 16.4 Å². The van der Waals surface area contributed by atoms with Crippen LogP contribution in [0.15, 0.2) is 58.9 Å². The summed E-state index contributed by atoms with van der Waals surface area (Å²) in [5.41, 5.74) is 10.6. The molecule has 1 aliphatic heterocycles. The van der Waals surface area contributed by atoms with Gasteiger partial charge in [0.1, 0.15) is 23.0 Å². The summed E-state index contributed by atoms with van der Waals surface area (Å²) in [6.07, 6.45) is -4.71. The molecule has 4 N–H and O–H groups in total. The lowest BCUT2D eigenvalue weighted by Gasteiger charge is -2.26. The van der Waals surface area contributed by atoms with Crippen molar-refractivity contribution in [2.24, 2.45) is 16.5 Å². The van der Waals surface area contributed by atoms with Crippen LogP contribution in [0.2, 0.25) is 0 Å². The van der Waals surface area contributed by atoms with Gasteiger partial charge in [-0.1, -0.05) is 0 Å². The number of amides is 2. The molecule has 3 aromatic rings. The topological polar surface area (TPSA) is 88.0 Å². The monoisotopic (exact) mass is 449 g/mol. The van der Waals surface area contributed by atoms with Gasteiger partial charge in [0, 0.05) is 5.69 Å². The number of thiophene rings is 1. The summed E-state index contributed by atoms with van der Waals surface area (Å²) in [6, 6.07) is 8.57. The number of halogens is 4. The zero-order valence-electron chi connectivity index (χ0n) is 15.7. The van der Waals surface area contributed by atoms with E-state index in [1.165, 1.54) is 23.5 Å². The van der Waals surface area contributed by atoms with Gasteiger partial charge in [0.25, 0.3) is 0 Å². The lowest BCUT2D eigenvalue weighted by molar-refractivity contribution is -0.137. The van der Waals surface area contributed by atoms with Gasteiger partial charge in [-0.3, -0.25) is 9.89 Å². The molecule has 6 nitrogen and oxygen atoms in total. The Bertz CT molecular complexity index is 1270. The molecule has 31 heavy (non-hydrogen) atoms. The van der Waals surface area contributed by atoms with Gasteiger partial charge in [-0.05, 0) is 53.9 Å². The highest BCUT2D eigenvalue weighted by molar-refractivity contribution is 7.07. The van der Waals surface area contributed by atoms with Crippen LogP contribution in [0.25, 0.3) is 5.82 Å². The maximum atomic E-state index is 14.3. The highest BCUT2D eigenvalue weighted by atomic mass is 32.1. The molecule has 1 aromatic heterocycles. The van der Waals surface area contributed by atoms with Gasteiger partial charge in [0.05, 0.1) is 22.2 Å². The molecule has 0 aliphatic carbocycles. The fourth-order valence-corrected chi connectivity index (χ4v) is 3.99. The maximum Gasteiger partial charge on any atom is 0.416 e. The highest BCUT2D eigenvalue weighted by Crippen LogP contribution is 2.36. The molecule has 0 radical (unpaired) electrons. The fraction of sp³-hybridized carbons (Fsp3) is 0.100. The molecule has 2 heterocycles. The van der Waals surface area contributed by atoms with Crippen molar-refractivity contribution in [2.45, 2.75) is 6.18 Å². The van der Waals surface area contributed by atoms with E-state index in [9.17, 15) is 22.4 Å². The number of primary amides is 1. The molecule has 11 heteroatoms. The van der Waals surface area contributed by atoms with Crippen molar-refractivity contribution in [3.05, 3.63) is 75.2 Å². The summed E-state index contributed by atoms with van der Waals surface area (Å²) >= 11 is 1.47. The SMILES string of the molecule is NC(=O)N(c1ccc(N2CN=c3sccc3=C2N)cc1)c1cc(C(F)(F)F)ccc1F. The number of nitrogens with two attached hydrogens (primary N) is 2. The first-order valence-electron chi connectivity index (χ1n) is 8.88. The van der Waals surface area contributed by atoms with Crippen molar-refractivity contribution >= 4 is 40.3 Å². The van der Waals surface area contributed by atoms with E-state index in [-0.39, 0.29) is 12.4 Å². The zero-order chi connectivity index (χ0) is 22.3. The van der Waals surface area contributed by atoms with Crippen LogP contribution in [-0.2, 0) is 6.18 Å². The predicted molar refractivity (Wildman–Crippen MR) is 110 cm³/mol. The Morgan fingerprint density at radius 1 is 1.13 bits per heavy atom. The van der Waals surface area contributed by atoms with E-state index in [0.29, 0.717) is 34.6 Å². The molecule has 0 atom stereocenters. The van der Waals surface area contributed by atoms with Crippen molar-refractivity contribution in [1.82, 2.24) is 0 Å². The second-order valence-corrected chi connectivity index (χ2v) is 7.50. The number of rotatable bonds is 3. The van der Waals surface area contributed by atoms with Crippen molar-refractivity contribution in [3.63, 3.8) is 0 Å². The summed E-state index contributed by atoms with van der Waals surface area (Å²) in [5, 5.41) is 2.67. The summed E-state index contributed by atoms with van der Waals surface area (Å²) in [5.74, 6) is -0.525. The van der Waals surface area contributed by atoms with E-state index in [2.05, 4.69) is 4.99 Å². The lowest BCUT2D eigenvalue weighted by Crippen LogP contribution is -2.41. The normalized spacial score (nSPS) is 13.5. The average molecular weight is 449 g/mol. The Kier molecular flexibility index (Phi) is 5.05. The molecule has 0 spiro atoms. The number of fused-ring (bicyclic) bond motifs is 1. The standard InChI is InChI=1S/C20H15F4N5OS/c21-15-6-1-11(20(22,23)24)9-16(15)29(19(26)30)13-4-2-12(3-5-13)28-10-27-18-14(17(28)25)7-8-31-18/h1-9H,10,25H2,(H2,26,30). The molecule has 4 rings (SSSR count). The Balaban J connectivity index is 1.71. The van der Waals surface area contributed by atoms with Crippen LogP contribution in [0.3, 0.4) is 0 Å². The minimum absolute atomic E-state index is 0.0956. The fourth-order valence-electron chi connectivity index (χ4n) is 3.22. The highest BCUT2D eigenvalue weighted by Gasteiger charge is 2.32. The van der Waals surface area contributed by atoms with E-state index in [1.54, 1.807) is 17.0 Å². The van der Waals surface area contributed by atoms with Crippen molar-refractivity contribution in [3.8, 4) is 0 Å². The first-order valence-corrected chi connectivity index (χ1v) is 9.76. The number of hydrogen-bond donors (Lipinski definition) is 2. The van der Waals surface area contributed by atoms with Crippen molar-refractivity contribution < 1.29 is 22.4 Å². The maximum absolute atomic E-state index is 14.3. The van der Waals surface area contributed by atoms with Gasteiger partial charge in [-0.25, -0.2) is 9.18 Å². The number of alkyl halides is 3. The summed E-state index contributed by atoms with van der Waals surface area (Å²) in [6.45, 7) is 0.278. The number of urea groups is 1. The average Bonchev–Trinajstić information content (AvgIpc) is 3.19. The number of carbonyl (C=O) groups is 1. The molecule has 160 valence electrons. The van der Waals surface area contributed by atoms with Crippen molar-refractivity contribution in [1.29, 1.82) is 0 Å². The van der Waals surface area contributed by atoms with E-state index >= 15 is 0 Å². The van der Waals surface area contributed by atoms with Crippen LogP contribution in [0.5, 0.6) is 0 Å². The lowest BCUT2D eigenvalue weighted by atomic mass is 10.1. The number of benzene rings is 2. The zero-order valence-corrected chi connectivity index (χ0v) is 16.5. The van der Waals surface area contributed by atoms with E-state index in [4.69, 9.17) is 11.5 Å². The summed E-state index contributed by atoms with van der Waals surface area (Å²) in [4.78, 5) is 18.9. The van der Waals surface area contributed by atoms with E-state index in [1.807, 2.05) is 11.4 Å². The Hall–Kier alpha value is -3.60. The molecule has 0 saturated carbocycles. The summed E-state index contributed by atoms with van der Waals surface area (Å²) in [7, 11) is 0. The van der Waals surface area contributed by atoms with Gasteiger partial charge in [0.2, 0.25) is 0 Å². The predicted octanol–water partition coefficient (Wildman–Crippen LogP) is 3.24. The molecular formula is C20H15F4N5OS. The van der Waals surface area contributed by atoms with Crippen LogP contribution < -0.4 is 31.2 Å². The third kappa shape index (κ3) is 3.79. The molecule has 2 aromatic carbocycles. The quantitative estimate of drug-likeness (QED) is 0.602. The number of anilines is 3. The van der Waals surface area contributed by atoms with Gasteiger partial charge in [-0.2, -0.15) is 13.2 Å². The molecule has 1 aliphatic rings. The van der Waals surface area contributed by atoms with E-state index < -0.39 is 29.3 Å². The number of hydrogen-bond acceptors (Lipinski definition) is 5.